The predicted molar refractivity (Wildman–Crippen MR) is 112 cm³/mol. The molecule has 0 aliphatic heterocycles. The fourth-order valence-electron chi connectivity index (χ4n) is 3.13. The van der Waals surface area contributed by atoms with Crippen LogP contribution in [0.4, 0.5) is 0 Å². The first kappa shape index (κ1) is 21.3. The van der Waals surface area contributed by atoms with Crippen LogP contribution in [0.3, 0.4) is 0 Å². The molecule has 1 heterocycles. The van der Waals surface area contributed by atoms with Crippen LogP contribution in [0.2, 0.25) is 0 Å². The molecular formula is C24H25NO5. The molecule has 0 amide bonds. The van der Waals surface area contributed by atoms with Crippen LogP contribution in [-0.2, 0) is 22.6 Å². The molecule has 6 nitrogen and oxygen atoms in total. The van der Waals surface area contributed by atoms with Crippen molar-refractivity contribution in [3.8, 4) is 5.75 Å². The Morgan fingerprint density at radius 2 is 1.73 bits per heavy atom. The second kappa shape index (κ2) is 9.39. The van der Waals surface area contributed by atoms with E-state index >= 15 is 0 Å². The molecule has 0 aliphatic rings. The van der Waals surface area contributed by atoms with Crippen LogP contribution in [0.1, 0.15) is 44.1 Å². The molecule has 0 unspecified atom stereocenters. The maximum Gasteiger partial charge on any atom is 0.310 e. The highest BCUT2D eigenvalue weighted by Crippen LogP contribution is 2.18. The number of esters is 1. The first-order chi connectivity index (χ1) is 14.3. The van der Waals surface area contributed by atoms with Crippen molar-refractivity contribution < 1.29 is 23.6 Å². The molecule has 0 fully saturated rings. The van der Waals surface area contributed by atoms with Crippen LogP contribution in [-0.4, -0.2) is 23.5 Å². The number of Topliss-reactive ketones (excluding diaryl/α,β-unsaturated/α-hetero) is 1. The van der Waals surface area contributed by atoms with Crippen molar-refractivity contribution in [3.63, 3.8) is 0 Å². The van der Waals surface area contributed by atoms with E-state index < -0.39 is 5.97 Å². The van der Waals surface area contributed by atoms with Gasteiger partial charge in [-0.15, -0.1) is 0 Å². The van der Waals surface area contributed by atoms with E-state index in [9.17, 15) is 9.59 Å². The number of carbonyl (C=O) groups excluding carboxylic acids is 2. The zero-order valence-electron chi connectivity index (χ0n) is 17.7. The van der Waals surface area contributed by atoms with Gasteiger partial charge in [0.1, 0.15) is 18.1 Å². The highest BCUT2D eigenvalue weighted by molar-refractivity contribution is 5.99. The fraction of sp³-hybridized carbons (Fsp3) is 0.292. The maximum absolute atomic E-state index is 12.3. The Morgan fingerprint density at radius 3 is 2.37 bits per heavy atom. The molecule has 3 rings (SSSR count). The van der Waals surface area contributed by atoms with Crippen molar-refractivity contribution in [3.05, 3.63) is 81.7 Å². The van der Waals surface area contributed by atoms with Gasteiger partial charge in [0.25, 0.3) is 0 Å². The molecule has 0 spiro atoms. The van der Waals surface area contributed by atoms with Gasteiger partial charge in [-0.25, -0.2) is 0 Å². The van der Waals surface area contributed by atoms with Crippen molar-refractivity contribution in [1.82, 2.24) is 5.16 Å². The smallest absolute Gasteiger partial charge is 0.310 e. The largest absolute Gasteiger partial charge is 0.489 e. The third-order valence-corrected chi connectivity index (χ3v) is 4.88. The lowest BCUT2D eigenvalue weighted by Crippen LogP contribution is -2.16. The minimum absolute atomic E-state index is 0.0876. The lowest BCUT2D eigenvalue weighted by Gasteiger charge is -2.08. The van der Waals surface area contributed by atoms with Crippen LogP contribution in [0.15, 0.2) is 47.0 Å². The van der Waals surface area contributed by atoms with Crippen LogP contribution in [0, 0.1) is 27.7 Å². The summed E-state index contributed by atoms with van der Waals surface area (Å²) >= 11 is 0. The quantitative estimate of drug-likeness (QED) is 0.405. The van der Waals surface area contributed by atoms with Crippen LogP contribution >= 0.6 is 0 Å². The van der Waals surface area contributed by atoms with Crippen molar-refractivity contribution in [2.45, 2.75) is 40.7 Å². The number of carbonyl (C=O) groups is 2. The molecule has 0 radical (unpaired) electrons. The summed E-state index contributed by atoms with van der Waals surface area (Å²) in [5.41, 5.74) is 5.05. The van der Waals surface area contributed by atoms with Gasteiger partial charge in [0, 0.05) is 5.56 Å². The summed E-state index contributed by atoms with van der Waals surface area (Å²) in [6.07, 6.45) is 0.0876. The van der Waals surface area contributed by atoms with Gasteiger partial charge in [-0.1, -0.05) is 41.1 Å². The average molecular weight is 407 g/mol. The van der Waals surface area contributed by atoms with E-state index in [1.165, 1.54) is 0 Å². The third kappa shape index (κ3) is 5.35. The van der Waals surface area contributed by atoms with Gasteiger partial charge in [0.15, 0.2) is 6.61 Å². The molecule has 0 N–H and O–H groups in total. The minimum Gasteiger partial charge on any atom is -0.489 e. The van der Waals surface area contributed by atoms with Crippen LogP contribution in [0.5, 0.6) is 5.75 Å². The summed E-state index contributed by atoms with van der Waals surface area (Å²) in [5.74, 6) is 0.765. The van der Waals surface area contributed by atoms with Crippen molar-refractivity contribution in [1.29, 1.82) is 0 Å². The van der Waals surface area contributed by atoms with E-state index in [1.54, 1.807) is 30.3 Å². The first-order valence-corrected chi connectivity index (χ1v) is 9.73. The summed E-state index contributed by atoms with van der Waals surface area (Å²) in [6.45, 7) is 7.66. The SMILES string of the molecule is Cc1ccc(C(=O)COC(=O)Cc2ccc(OCc3c(C)noc3C)cc2)c(C)c1. The monoisotopic (exact) mass is 407 g/mol. The molecule has 30 heavy (non-hydrogen) atoms. The Bertz CT molecular complexity index is 1030. The number of benzene rings is 2. The summed E-state index contributed by atoms with van der Waals surface area (Å²) in [5, 5.41) is 3.90. The van der Waals surface area contributed by atoms with E-state index in [0.717, 1.165) is 33.7 Å². The van der Waals surface area contributed by atoms with E-state index in [1.807, 2.05) is 39.8 Å². The first-order valence-electron chi connectivity index (χ1n) is 9.73. The standard InChI is InChI=1S/C24H25NO5/c1-15-5-10-21(16(2)11-15)23(26)14-29-24(27)12-19-6-8-20(9-7-19)28-13-22-17(3)25-30-18(22)4/h5-11H,12-14H2,1-4H3. The van der Waals surface area contributed by atoms with Crippen molar-refractivity contribution >= 4 is 11.8 Å². The topological polar surface area (TPSA) is 78.6 Å². The number of ether oxygens (including phenoxy) is 2. The maximum atomic E-state index is 12.3. The number of hydrogen-bond acceptors (Lipinski definition) is 6. The minimum atomic E-state index is -0.447. The molecule has 6 heteroatoms. The fourth-order valence-corrected chi connectivity index (χ4v) is 3.13. The number of hydrogen-bond donors (Lipinski definition) is 0. The average Bonchev–Trinajstić information content (AvgIpc) is 3.03. The molecular weight excluding hydrogens is 382 g/mol. The molecule has 0 saturated carbocycles. The van der Waals surface area contributed by atoms with E-state index in [4.69, 9.17) is 14.0 Å². The van der Waals surface area contributed by atoms with E-state index in [0.29, 0.717) is 17.9 Å². The summed E-state index contributed by atoms with van der Waals surface area (Å²) in [6, 6.07) is 12.8. The second-order valence-electron chi connectivity index (χ2n) is 7.31. The van der Waals surface area contributed by atoms with Crippen LogP contribution < -0.4 is 4.74 Å². The number of rotatable bonds is 8. The highest BCUT2D eigenvalue weighted by Gasteiger charge is 2.13. The Balaban J connectivity index is 1.49. The molecule has 3 aromatic rings. The molecule has 1 aromatic heterocycles. The van der Waals surface area contributed by atoms with Gasteiger partial charge in [0.2, 0.25) is 5.78 Å². The van der Waals surface area contributed by atoms with Gasteiger partial charge >= 0.3 is 5.97 Å². The zero-order chi connectivity index (χ0) is 21.7. The molecule has 0 aliphatic carbocycles. The Morgan fingerprint density at radius 1 is 1.00 bits per heavy atom. The number of aryl methyl sites for hydroxylation is 4. The summed E-state index contributed by atoms with van der Waals surface area (Å²) in [4.78, 5) is 24.4. The van der Waals surface area contributed by atoms with Crippen molar-refractivity contribution in [2.24, 2.45) is 0 Å². The Kier molecular flexibility index (Phi) is 6.67. The van der Waals surface area contributed by atoms with Gasteiger partial charge in [-0.05, 0) is 51.0 Å². The normalized spacial score (nSPS) is 10.7. The molecule has 0 atom stereocenters. The molecule has 2 aromatic carbocycles. The van der Waals surface area contributed by atoms with Gasteiger partial charge in [0.05, 0.1) is 17.7 Å². The Hall–Kier alpha value is -3.41. The van der Waals surface area contributed by atoms with Gasteiger partial charge in [-0.3, -0.25) is 9.59 Å². The Labute approximate surface area is 175 Å². The van der Waals surface area contributed by atoms with E-state index in [-0.39, 0.29) is 18.8 Å². The lowest BCUT2D eigenvalue weighted by atomic mass is 10.0. The lowest BCUT2D eigenvalue weighted by molar-refractivity contribution is -0.141. The second-order valence-corrected chi connectivity index (χ2v) is 7.31. The number of aromatic nitrogens is 1. The molecule has 0 saturated heterocycles. The number of nitrogens with zero attached hydrogens (tertiary/aromatic N) is 1. The number of ketones is 1. The summed E-state index contributed by atoms with van der Waals surface area (Å²) in [7, 11) is 0. The summed E-state index contributed by atoms with van der Waals surface area (Å²) < 4.78 is 16.0. The zero-order valence-corrected chi connectivity index (χ0v) is 17.7. The van der Waals surface area contributed by atoms with Gasteiger partial charge in [-0.2, -0.15) is 0 Å². The predicted octanol–water partition coefficient (Wildman–Crippen LogP) is 4.46. The highest BCUT2D eigenvalue weighted by atomic mass is 16.5. The molecule has 156 valence electrons. The molecule has 0 bridgehead atoms. The van der Waals surface area contributed by atoms with E-state index in [2.05, 4.69) is 5.16 Å². The van der Waals surface area contributed by atoms with Gasteiger partial charge < -0.3 is 14.0 Å². The van der Waals surface area contributed by atoms with Crippen molar-refractivity contribution in [2.75, 3.05) is 6.61 Å². The van der Waals surface area contributed by atoms with Crippen LogP contribution in [0.25, 0.3) is 0 Å². The third-order valence-electron chi connectivity index (χ3n) is 4.88.